The van der Waals surface area contributed by atoms with Crippen LogP contribution in [-0.4, -0.2) is 37.2 Å². The number of nitrogens with one attached hydrogen (secondary N) is 2. The van der Waals surface area contributed by atoms with Crippen molar-refractivity contribution in [3.8, 4) is 0 Å². The molecule has 2 N–H and O–H groups in total. The molecular weight excluding hydrogens is 330 g/mol. The zero-order chi connectivity index (χ0) is 17.9. The molecule has 1 amide bonds. The number of aromatic nitrogens is 1. The van der Waals surface area contributed by atoms with Crippen LogP contribution in [0.5, 0.6) is 0 Å². The quantitative estimate of drug-likeness (QED) is 0.762. The number of nitrogens with zero attached hydrogens (tertiary/aromatic N) is 1. The number of morpholine rings is 1. The van der Waals surface area contributed by atoms with Gasteiger partial charge in [-0.25, -0.2) is 0 Å². The third-order valence-electron chi connectivity index (χ3n) is 4.50. The Morgan fingerprint density at radius 3 is 2.54 bits per heavy atom. The number of H-pyrrole nitrogens is 1. The van der Waals surface area contributed by atoms with Gasteiger partial charge in [-0.15, -0.1) is 0 Å². The lowest BCUT2D eigenvalue weighted by atomic mass is 10.1. The van der Waals surface area contributed by atoms with E-state index in [0.717, 1.165) is 37.4 Å². The van der Waals surface area contributed by atoms with Gasteiger partial charge in [0.2, 0.25) is 0 Å². The Labute approximate surface area is 150 Å². The van der Waals surface area contributed by atoms with Crippen molar-refractivity contribution in [2.24, 2.45) is 0 Å². The number of pyridine rings is 1. The van der Waals surface area contributed by atoms with Gasteiger partial charge < -0.3 is 19.9 Å². The molecule has 0 atom stereocenters. The zero-order valence-electron chi connectivity index (χ0n) is 14.2. The lowest BCUT2D eigenvalue weighted by molar-refractivity contribution is 0.102. The second-order valence-electron chi connectivity index (χ2n) is 6.20. The maximum atomic E-state index is 12.5. The lowest BCUT2D eigenvalue weighted by Crippen LogP contribution is -2.36. The van der Waals surface area contributed by atoms with E-state index in [2.05, 4.69) is 15.2 Å². The minimum absolute atomic E-state index is 0.242. The summed E-state index contributed by atoms with van der Waals surface area (Å²) in [6.07, 6.45) is 0. The molecule has 0 bridgehead atoms. The third-order valence-corrected chi connectivity index (χ3v) is 4.50. The number of benzene rings is 2. The number of fused-ring (bicyclic) bond motifs is 1. The van der Waals surface area contributed by atoms with Gasteiger partial charge in [-0.3, -0.25) is 9.59 Å². The Morgan fingerprint density at radius 2 is 1.77 bits per heavy atom. The number of hydrogen-bond acceptors (Lipinski definition) is 4. The highest BCUT2D eigenvalue weighted by Gasteiger charge is 2.12. The molecule has 1 fully saturated rings. The van der Waals surface area contributed by atoms with Gasteiger partial charge in [0.05, 0.1) is 13.2 Å². The average Bonchev–Trinajstić information content (AvgIpc) is 2.69. The number of carbonyl (C=O) groups is 1. The van der Waals surface area contributed by atoms with Crippen LogP contribution in [0.2, 0.25) is 0 Å². The number of rotatable bonds is 3. The van der Waals surface area contributed by atoms with E-state index in [9.17, 15) is 9.59 Å². The van der Waals surface area contributed by atoms with Gasteiger partial charge in [-0.2, -0.15) is 0 Å². The van der Waals surface area contributed by atoms with Crippen LogP contribution in [-0.2, 0) is 4.74 Å². The van der Waals surface area contributed by atoms with Crippen molar-refractivity contribution >= 4 is 28.1 Å². The van der Waals surface area contributed by atoms with Crippen LogP contribution in [0.1, 0.15) is 10.5 Å². The molecule has 6 heteroatoms. The first-order valence-electron chi connectivity index (χ1n) is 8.57. The molecule has 0 radical (unpaired) electrons. The van der Waals surface area contributed by atoms with Crippen LogP contribution in [0.25, 0.3) is 10.8 Å². The fraction of sp³-hybridized carbons (Fsp3) is 0.200. The molecular formula is C20H19N3O3. The first-order chi connectivity index (χ1) is 12.7. The van der Waals surface area contributed by atoms with Gasteiger partial charge in [0.15, 0.2) is 0 Å². The number of aromatic amines is 1. The number of amides is 1. The van der Waals surface area contributed by atoms with E-state index >= 15 is 0 Å². The van der Waals surface area contributed by atoms with Gasteiger partial charge in [0.25, 0.3) is 11.5 Å². The van der Waals surface area contributed by atoms with Crippen molar-refractivity contribution in [3.63, 3.8) is 0 Å². The summed E-state index contributed by atoms with van der Waals surface area (Å²) in [6, 6.07) is 16.6. The lowest BCUT2D eigenvalue weighted by Gasteiger charge is -2.28. The fourth-order valence-electron chi connectivity index (χ4n) is 3.11. The summed E-state index contributed by atoms with van der Waals surface area (Å²) >= 11 is 0. The van der Waals surface area contributed by atoms with E-state index in [1.165, 1.54) is 0 Å². The summed E-state index contributed by atoms with van der Waals surface area (Å²) in [6.45, 7) is 3.19. The van der Waals surface area contributed by atoms with Crippen LogP contribution < -0.4 is 15.8 Å². The van der Waals surface area contributed by atoms with Crippen molar-refractivity contribution in [1.29, 1.82) is 0 Å². The molecule has 1 aliphatic heterocycles. The molecule has 2 heterocycles. The monoisotopic (exact) mass is 349 g/mol. The summed E-state index contributed by atoms with van der Waals surface area (Å²) in [7, 11) is 0. The number of anilines is 2. The van der Waals surface area contributed by atoms with Gasteiger partial charge in [-0.1, -0.05) is 18.2 Å². The Morgan fingerprint density at radius 1 is 1.04 bits per heavy atom. The zero-order valence-corrected chi connectivity index (χ0v) is 14.2. The SMILES string of the molecule is O=C(Nc1ccc(N2CCOCC2)cc1)c1cc2ccccc2c(=O)[nH]1. The summed E-state index contributed by atoms with van der Waals surface area (Å²) < 4.78 is 5.36. The van der Waals surface area contributed by atoms with Crippen LogP contribution >= 0.6 is 0 Å². The van der Waals surface area contributed by atoms with Crippen molar-refractivity contribution in [1.82, 2.24) is 4.98 Å². The highest BCUT2D eigenvalue weighted by atomic mass is 16.5. The molecule has 4 rings (SSSR count). The molecule has 6 nitrogen and oxygen atoms in total. The molecule has 0 unspecified atom stereocenters. The van der Waals surface area contributed by atoms with E-state index in [0.29, 0.717) is 11.1 Å². The third kappa shape index (κ3) is 3.32. The number of carbonyl (C=O) groups excluding carboxylic acids is 1. The van der Waals surface area contributed by atoms with Crippen molar-refractivity contribution in [2.75, 3.05) is 36.5 Å². The Bertz CT molecular complexity index is 989. The molecule has 132 valence electrons. The Balaban J connectivity index is 1.52. The van der Waals surface area contributed by atoms with Crippen molar-refractivity contribution < 1.29 is 9.53 Å². The van der Waals surface area contributed by atoms with Crippen LogP contribution in [0.4, 0.5) is 11.4 Å². The minimum Gasteiger partial charge on any atom is -0.378 e. The van der Waals surface area contributed by atoms with E-state index in [4.69, 9.17) is 4.74 Å². The summed E-state index contributed by atoms with van der Waals surface area (Å²) in [5.41, 5.74) is 1.76. The number of ether oxygens (including phenoxy) is 1. The fourth-order valence-corrected chi connectivity index (χ4v) is 3.11. The van der Waals surface area contributed by atoms with Crippen LogP contribution in [0.15, 0.2) is 59.4 Å². The van der Waals surface area contributed by atoms with Crippen LogP contribution in [0, 0.1) is 0 Å². The molecule has 0 aliphatic carbocycles. The van der Waals surface area contributed by atoms with Crippen molar-refractivity contribution in [3.05, 3.63) is 70.6 Å². The highest BCUT2D eigenvalue weighted by Crippen LogP contribution is 2.19. The second-order valence-corrected chi connectivity index (χ2v) is 6.20. The van der Waals surface area contributed by atoms with Gasteiger partial charge in [0.1, 0.15) is 5.69 Å². The average molecular weight is 349 g/mol. The minimum atomic E-state index is -0.341. The van der Waals surface area contributed by atoms with Gasteiger partial charge >= 0.3 is 0 Å². The molecule has 2 aromatic carbocycles. The smallest absolute Gasteiger partial charge is 0.272 e. The van der Waals surface area contributed by atoms with Gasteiger partial charge in [-0.05, 0) is 41.8 Å². The van der Waals surface area contributed by atoms with E-state index in [1.54, 1.807) is 18.2 Å². The van der Waals surface area contributed by atoms with E-state index in [-0.39, 0.29) is 17.2 Å². The molecule has 0 saturated carbocycles. The number of hydrogen-bond donors (Lipinski definition) is 2. The van der Waals surface area contributed by atoms with Crippen molar-refractivity contribution in [2.45, 2.75) is 0 Å². The predicted molar refractivity (Wildman–Crippen MR) is 102 cm³/mol. The molecule has 26 heavy (non-hydrogen) atoms. The molecule has 1 aromatic heterocycles. The standard InChI is InChI=1S/C20H19N3O3/c24-19-17-4-2-1-3-14(17)13-18(22-19)20(25)21-15-5-7-16(8-6-15)23-9-11-26-12-10-23/h1-8,13H,9-12H2,(H,21,25)(H,22,24). The predicted octanol–water partition coefficient (Wildman–Crippen LogP) is 2.62. The molecule has 1 saturated heterocycles. The summed E-state index contributed by atoms with van der Waals surface area (Å²) in [5, 5.41) is 4.14. The summed E-state index contributed by atoms with van der Waals surface area (Å²) in [4.78, 5) is 29.5. The topological polar surface area (TPSA) is 74.4 Å². The second kappa shape index (κ2) is 7.01. The first kappa shape index (κ1) is 16.4. The maximum absolute atomic E-state index is 12.5. The van der Waals surface area contributed by atoms with Crippen LogP contribution in [0.3, 0.4) is 0 Å². The molecule has 3 aromatic rings. The van der Waals surface area contributed by atoms with E-state index in [1.807, 2.05) is 36.4 Å². The Kier molecular flexibility index (Phi) is 4.41. The Hall–Kier alpha value is -3.12. The highest BCUT2D eigenvalue weighted by molar-refractivity contribution is 6.04. The van der Waals surface area contributed by atoms with E-state index < -0.39 is 0 Å². The molecule has 0 spiro atoms. The first-order valence-corrected chi connectivity index (χ1v) is 8.57. The molecule has 1 aliphatic rings. The van der Waals surface area contributed by atoms with Gasteiger partial charge in [0, 0.05) is 29.9 Å². The normalized spacial score (nSPS) is 14.4. The maximum Gasteiger partial charge on any atom is 0.272 e. The summed E-state index contributed by atoms with van der Waals surface area (Å²) in [5.74, 6) is -0.341. The largest absolute Gasteiger partial charge is 0.378 e.